The summed E-state index contributed by atoms with van der Waals surface area (Å²) in [7, 11) is 2.91. The second kappa shape index (κ2) is 12.3. The number of para-hydroxylation sites is 2. The molecule has 0 spiro atoms. The number of methoxy groups -OCH3 is 2. The van der Waals surface area contributed by atoms with Gasteiger partial charge in [0.15, 0.2) is 0 Å². The third-order valence-electron chi connectivity index (χ3n) is 6.72. The molecule has 0 atom stereocenters. The summed E-state index contributed by atoms with van der Waals surface area (Å²) in [5.41, 5.74) is 5.24. The van der Waals surface area contributed by atoms with E-state index in [2.05, 4.69) is 5.32 Å². The van der Waals surface area contributed by atoms with Gasteiger partial charge in [-0.2, -0.15) is 0 Å². The van der Waals surface area contributed by atoms with Gasteiger partial charge in [0.05, 0.1) is 36.8 Å². The lowest BCUT2D eigenvalue weighted by Gasteiger charge is -2.26. The number of carbonyl (C=O) groups is 3. The molecule has 3 aromatic rings. The Balaban J connectivity index is 1.78. The minimum Gasteiger partial charge on any atom is -0.496 e. The first-order valence-electron chi connectivity index (χ1n) is 12.7. The number of benzene rings is 3. The highest BCUT2D eigenvalue weighted by Gasteiger charge is 2.33. The van der Waals surface area contributed by atoms with Gasteiger partial charge in [-0.05, 0) is 51.0 Å². The zero-order chi connectivity index (χ0) is 27.9. The lowest BCUT2D eigenvalue weighted by atomic mass is 9.93. The number of esters is 2. The Labute approximate surface area is 228 Å². The van der Waals surface area contributed by atoms with Crippen molar-refractivity contribution in [3.8, 4) is 5.75 Å². The molecule has 8 nitrogen and oxygen atoms in total. The molecule has 39 heavy (non-hydrogen) atoms. The van der Waals surface area contributed by atoms with Gasteiger partial charge in [-0.25, -0.2) is 9.59 Å². The summed E-state index contributed by atoms with van der Waals surface area (Å²) in [6.45, 7) is 3.80. The van der Waals surface area contributed by atoms with Crippen molar-refractivity contribution in [1.82, 2.24) is 0 Å². The van der Waals surface area contributed by atoms with Gasteiger partial charge < -0.3 is 19.5 Å². The van der Waals surface area contributed by atoms with Crippen LogP contribution in [0.4, 0.5) is 21.9 Å². The smallest absolute Gasteiger partial charge is 0.339 e. The van der Waals surface area contributed by atoms with Crippen molar-refractivity contribution in [2.45, 2.75) is 39.7 Å². The molecule has 0 radical (unpaired) electrons. The van der Waals surface area contributed by atoms with Crippen LogP contribution in [0.2, 0.25) is 0 Å². The predicted molar refractivity (Wildman–Crippen MR) is 150 cm³/mol. The molecule has 0 saturated carbocycles. The second-order valence-electron chi connectivity index (χ2n) is 9.21. The van der Waals surface area contributed by atoms with Crippen LogP contribution in [0.25, 0.3) is 0 Å². The number of ether oxygens (including phenoxy) is 3. The van der Waals surface area contributed by atoms with Gasteiger partial charge in [-0.3, -0.25) is 9.69 Å². The fourth-order valence-corrected chi connectivity index (χ4v) is 4.72. The summed E-state index contributed by atoms with van der Waals surface area (Å²) in [5, 5.41) is 3.08. The van der Waals surface area contributed by atoms with Crippen LogP contribution in [0.15, 0.2) is 72.3 Å². The van der Waals surface area contributed by atoms with Crippen LogP contribution in [-0.2, 0) is 27.3 Å². The van der Waals surface area contributed by atoms with Gasteiger partial charge in [0, 0.05) is 23.1 Å². The Morgan fingerprint density at radius 2 is 1.62 bits per heavy atom. The van der Waals surface area contributed by atoms with Crippen molar-refractivity contribution < 1.29 is 28.6 Å². The third-order valence-corrected chi connectivity index (χ3v) is 6.72. The highest BCUT2D eigenvalue weighted by atomic mass is 16.5. The maximum Gasteiger partial charge on any atom is 0.339 e. The van der Waals surface area contributed by atoms with E-state index in [0.717, 1.165) is 11.1 Å². The molecule has 1 aliphatic rings. The Kier molecular flexibility index (Phi) is 8.66. The van der Waals surface area contributed by atoms with Crippen LogP contribution >= 0.6 is 0 Å². The summed E-state index contributed by atoms with van der Waals surface area (Å²) < 4.78 is 15.9. The molecule has 3 aromatic carbocycles. The van der Waals surface area contributed by atoms with Crippen molar-refractivity contribution in [3.63, 3.8) is 0 Å². The van der Waals surface area contributed by atoms with E-state index < -0.39 is 12.0 Å². The quantitative estimate of drug-likeness (QED) is 0.252. The van der Waals surface area contributed by atoms with E-state index in [1.807, 2.05) is 80.6 Å². The van der Waals surface area contributed by atoms with E-state index in [4.69, 9.17) is 14.2 Å². The van der Waals surface area contributed by atoms with E-state index in [0.29, 0.717) is 52.3 Å². The molecule has 4 rings (SSSR count). The first-order chi connectivity index (χ1) is 18.8. The molecule has 0 bridgehead atoms. The maximum atomic E-state index is 14.0. The van der Waals surface area contributed by atoms with Crippen LogP contribution in [0.1, 0.15) is 46.8 Å². The first-order valence-corrected chi connectivity index (χ1v) is 12.7. The van der Waals surface area contributed by atoms with Gasteiger partial charge in [0.1, 0.15) is 12.4 Å². The van der Waals surface area contributed by atoms with Crippen molar-refractivity contribution in [2.24, 2.45) is 0 Å². The van der Waals surface area contributed by atoms with E-state index in [1.54, 1.807) is 4.90 Å². The molecular weight excluding hydrogens is 496 g/mol. The zero-order valence-corrected chi connectivity index (χ0v) is 22.6. The number of hydrogen-bond acceptors (Lipinski definition) is 6. The molecule has 0 fully saturated rings. The predicted octanol–water partition coefficient (Wildman–Crippen LogP) is 6.49. The molecule has 0 aliphatic carbocycles. The monoisotopic (exact) mass is 528 g/mol. The van der Waals surface area contributed by atoms with Crippen molar-refractivity contribution in [3.05, 3.63) is 94.6 Å². The number of nitrogens with zero attached hydrogens (tertiary/aromatic N) is 1. The Bertz CT molecular complexity index is 1360. The number of fused-ring (bicyclic) bond motifs is 1. The largest absolute Gasteiger partial charge is 0.496 e. The second-order valence-corrected chi connectivity index (χ2v) is 9.21. The van der Waals surface area contributed by atoms with Gasteiger partial charge in [0.25, 0.3) is 0 Å². The van der Waals surface area contributed by atoms with Gasteiger partial charge in [-0.1, -0.05) is 48.0 Å². The fourth-order valence-electron chi connectivity index (χ4n) is 4.72. The maximum absolute atomic E-state index is 14.0. The molecule has 1 heterocycles. The summed E-state index contributed by atoms with van der Waals surface area (Å²) in [6.07, 6.45) is 3.21. The molecule has 2 amide bonds. The van der Waals surface area contributed by atoms with E-state index in [9.17, 15) is 14.4 Å². The number of allylic oxidation sites excluding steroid dienone is 2. The summed E-state index contributed by atoms with van der Waals surface area (Å²) in [4.78, 5) is 39.8. The standard InChI is InChI=1S/C31H32N2O6/c1-20(16-18-26(34)37-3)15-17-24-28(25-19-39-30(35)27(25)21(2)29(24)38-4)32-31(36)33(22-11-7-5-8-12-22)23-13-9-6-10-14-23/h5-15H,16-19H2,1-4H3,(H,32,36). The zero-order valence-electron chi connectivity index (χ0n) is 22.6. The van der Waals surface area contributed by atoms with Crippen LogP contribution < -0.4 is 15.0 Å². The molecule has 0 unspecified atom stereocenters. The fraction of sp³-hybridized carbons (Fsp3) is 0.258. The minimum absolute atomic E-state index is 0.0450. The number of carbonyl (C=O) groups excluding carboxylic acids is 3. The van der Waals surface area contributed by atoms with E-state index in [-0.39, 0.29) is 19.0 Å². The average molecular weight is 529 g/mol. The van der Waals surface area contributed by atoms with Crippen molar-refractivity contribution in [1.29, 1.82) is 0 Å². The number of amides is 2. The van der Waals surface area contributed by atoms with E-state index >= 15 is 0 Å². The molecule has 202 valence electrons. The summed E-state index contributed by atoms with van der Waals surface area (Å²) in [6, 6.07) is 18.3. The number of nitrogens with one attached hydrogen (secondary N) is 1. The average Bonchev–Trinajstić information content (AvgIpc) is 3.35. The Hall–Kier alpha value is -4.59. The first kappa shape index (κ1) is 27.4. The van der Waals surface area contributed by atoms with Gasteiger partial charge in [0.2, 0.25) is 0 Å². The number of hydrogen-bond donors (Lipinski definition) is 1. The van der Waals surface area contributed by atoms with E-state index in [1.165, 1.54) is 14.2 Å². The minimum atomic E-state index is -0.448. The van der Waals surface area contributed by atoms with Gasteiger partial charge >= 0.3 is 18.0 Å². The SMILES string of the molecule is COC(=O)CCC(C)=CCc1c(NC(=O)N(c2ccccc2)c2ccccc2)c2c(c(C)c1OC)C(=O)OC2. The lowest BCUT2D eigenvalue weighted by molar-refractivity contribution is -0.140. The Morgan fingerprint density at radius 1 is 1.00 bits per heavy atom. The molecular formula is C31H32N2O6. The summed E-state index contributed by atoms with van der Waals surface area (Å²) in [5.74, 6) is -0.222. The van der Waals surface area contributed by atoms with Crippen molar-refractivity contribution in [2.75, 3.05) is 24.4 Å². The van der Waals surface area contributed by atoms with Crippen LogP contribution in [0.5, 0.6) is 5.75 Å². The highest BCUT2D eigenvalue weighted by Crippen LogP contribution is 2.42. The highest BCUT2D eigenvalue weighted by molar-refractivity contribution is 6.09. The van der Waals surface area contributed by atoms with Crippen molar-refractivity contribution >= 4 is 35.0 Å². The Morgan fingerprint density at radius 3 is 2.18 bits per heavy atom. The molecule has 0 aromatic heterocycles. The topological polar surface area (TPSA) is 94.2 Å². The van der Waals surface area contributed by atoms with Crippen LogP contribution in [0.3, 0.4) is 0 Å². The number of urea groups is 1. The number of rotatable bonds is 9. The molecule has 0 saturated heterocycles. The lowest BCUT2D eigenvalue weighted by Crippen LogP contribution is -2.31. The summed E-state index contributed by atoms with van der Waals surface area (Å²) >= 11 is 0. The van der Waals surface area contributed by atoms with Gasteiger partial charge in [-0.15, -0.1) is 0 Å². The van der Waals surface area contributed by atoms with Crippen LogP contribution in [0, 0.1) is 6.92 Å². The normalized spacial score (nSPS) is 12.4. The molecule has 8 heteroatoms. The van der Waals surface area contributed by atoms with Crippen LogP contribution in [-0.4, -0.2) is 32.2 Å². The molecule has 1 N–H and O–H groups in total. The number of cyclic esters (lactones) is 1. The third kappa shape index (κ3) is 5.95. The molecule has 1 aliphatic heterocycles. The number of anilines is 3.